The number of halogens is 6. The summed E-state index contributed by atoms with van der Waals surface area (Å²) < 4.78 is -3.17. The summed E-state index contributed by atoms with van der Waals surface area (Å²) in [5, 5.41) is 5.31. The lowest BCUT2D eigenvalue weighted by atomic mass is 10.00. The molecule has 1 rings (SSSR count). The quantitative estimate of drug-likeness (QED) is 0.458. The molecule has 0 aliphatic rings. The standard InChI is InChI=1S/C16H21Cl6N3O2S/c1-9(15(17,18)19)6-11(14(27)24-8-12-23-4-5-28-12)25(3)13(26)7-10(2)16(20,21)22/h4-5,9-11H,6-8H2,1-3H3,(H,24,27)/t9-,10-,11-/m1/s1. The molecule has 0 aliphatic heterocycles. The highest BCUT2D eigenvalue weighted by Gasteiger charge is 2.37. The molecule has 0 radical (unpaired) electrons. The first-order chi connectivity index (χ1) is 12.7. The minimum atomic E-state index is -1.59. The number of nitrogens with zero attached hydrogens (tertiary/aromatic N) is 2. The Balaban J connectivity index is 2.91. The largest absolute Gasteiger partial charge is 0.348 e. The molecule has 0 bridgehead atoms. The smallest absolute Gasteiger partial charge is 0.243 e. The Hall–Kier alpha value is 0.310. The van der Waals surface area contributed by atoms with Crippen LogP contribution in [0.5, 0.6) is 0 Å². The highest BCUT2D eigenvalue weighted by molar-refractivity contribution is 7.09. The van der Waals surface area contributed by atoms with Crippen molar-refractivity contribution in [3.63, 3.8) is 0 Å². The van der Waals surface area contributed by atoms with Crippen LogP contribution < -0.4 is 5.32 Å². The molecule has 160 valence electrons. The zero-order valence-electron chi connectivity index (χ0n) is 15.4. The number of hydrogen-bond acceptors (Lipinski definition) is 4. The van der Waals surface area contributed by atoms with Crippen LogP contribution in [0, 0.1) is 11.8 Å². The van der Waals surface area contributed by atoms with Gasteiger partial charge in [0.15, 0.2) is 7.59 Å². The number of carbonyl (C=O) groups excluding carboxylic acids is 2. The summed E-state index contributed by atoms with van der Waals surface area (Å²) in [6, 6.07) is -0.860. The molecule has 0 unspecified atom stereocenters. The van der Waals surface area contributed by atoms with Gasteiger partial charge in [-0.15, -0.1) is 11.3 Å². The summed E-state index contributed by atoms with van der Waals surface area (Å²) in [7, 11) is 1.51. The molecule has 1 N–H and O–H groups in total. The Bertz CT molecular complexity index is 648. The van der Waals surface area contributed by atoms with Crippen LogP contribution in [0.25, 0.3) is 0 Å². The van der Waals surface area contributed by atoms with Gasteiger partial charge in [0.25, 0.3) is 0 Å². The van der Waals surface area contributed by atoms with Crippen molar-refractivity contribution in [1.82, 2.24) is 15.2 Å². The number of amides is 2. The zero-order chi connectivity index (χ0) is 21.7. The molecule has 0 saturated heterocycles. The molecule has 1 aromatic rings. The number of carbonyl (C=O) groups is 2. The van der Waals surface area contributed by atoms with Crippen LogP contribution in [0.3, 0.4) is 0 Å². The first-order valence-corrected chi connectivity index (χ1v) is 11.4. The summed E-state index contributed by atoms with van der Waals surface area (Å²) >= 11 is 36.8. The molecule has 1 aromatic heterocycles. The Morgan fingerprint density at radius 1 is 1.14 bits per heavy atom. The molecule has 28 heavy (non-hydrogen) atoms. The van der Waals surface area contributed by atoms with Crippen LogP contribution in [-0.2, 0) is 16.1 Å². The fraction of sp³-hybridized carbons (Fsp3) is 0.688. The predicted molar refractivity (Wildman–Crippen MR) is 119 cm³/mol. The van der Waals surface area contributed by atoms with Gasteiger partial charge in [0.2, 0.25) is 11.8 Å². The van der Waals surface area contributed by atoms with Crippen LogP contribution in [0.1, 0.15) is 31.7 Å². The maximum atomic E-state index is 12.8. The summed E-state index contributed by atoms with van der Waals surface area (Å²) in [4.78, 5) is 30.9. The second kappa shape index (κ2) is 11.1. The normalized spacial score (nSPS) is 15.6. The molecular weight excluding hydrogens is 511 g/mol. The van der Waals surface area contributed by atoms with Crippen molar-refractivity contribution in [1.29, 1.82) is 0 Å². The summed E-state index contributed by atoms with van der Waals surface area (Å²) in [6.45, 7) is 3.57. The lowest BCUT2D eigenvalue weighted by molar-refractivity contribution is -0.140. The third-order valence-electron chi connectivity index (χ3n) is 4.24. The third-order valence-corrected chi connectivity index (χ3v) is 7.25. The van der Waals surface area contributed by atoms with Crippen molar-refractivity contribution in [2.24, 2.45) is 11.8 Å². The number of alkyl halides is 6. The Morgan fingerprint density at radius 3 is 2.18 bits per heavy atom. The van der Waals surface area contributed by atoms with Crippen LogP contribution in [0.15, 0.2) is 11.6 Å². The van der Waals surface area contributed by atoms with Gasteiger partial charge >= 0.3 is 0 Å². The summed E-state index contributed by atoms with van der Waals surface area (Å²) in [5.74, 6) is -1.77. The van der Waals surface area contributed by atoms with Crippen molar-refractivity contribution in [3.8, 4) is 0 Å². The van der Waals surface area contributed by atoms with Gasteiger partial charge in [0.05, 0.1) is 6.54 Å². The van der Waals surface area contributed by atoms with Crippen molar-refractivity contribution < 1.29 is 9.59 Å². The average molecular weight is 532 g/mol. The second-order valence-electron chi connectivity index (χ2n) is 6.49. The summed E-state index contributed by atoms with van der Waals surface area (Å²) in [5.41, 5.74) is 0. The molecule has 3 atom stereocenters. The van der Waals surface area contributed by atoms with Gasteiger partial charge in [-0.05, 0) is 6.42 Å². The number of nitrogens with one attached hydrogen (secondary N) is 1. The van der Waals surface area contributed by atoms with Crippen LogP contribution >= 0.6 is 80.9 Å². The fourth-order valence-electron chi connectivity index (χ4n) is 2.23. The van der Waals surface area contributed by atoms with E-state index < -0.39 is 25.5 Å². The van der Waals surface area contributed by atoms with E-state index in [4.69, 9.17) is 69.6 Å². The number of rotatable bonds is 8. The fourth-order valence-corrected chi connectivity index (χ4v) is 3.28. The minimum Gasteiger partial charge on any atom is -0.348 e. The van der Waals surface area contributed by atoms with Gasteiger partial charge in [-0.2, -0.15) is 0 Å². The van der Waals surface area contributed by atoms with Gasteiger partial charge in [-0.25, -0.2) is 4.98 Å². The third kappa shape index (κ3) is 8.58. The van der Waals surface area contributed by atoms with E-state index in [2.05, 4.69) is 10.3 Å². The van der Waals surface area contributed by atoms with Crippen LogP contribution in [-0.4, -0.2) is 42.4 Å². The van der Waals surface area contributed by atoms with E-state index in [1.54, 1.807) is 25.4 Å². The number of likely N-dealkylation sites (N-methyl/N-ethyl adjacent to an activating group) is 1. The van der Waals surface area contributed by atoms with Crippen molar-refractivity contribution in [2.45, 2.75) is 46.9 Å². The van der Waals surface area contributed by atoms with Gasteiger partial charge in [-0.3, -0.25) is 9.59 Å². The van der Waals surface area contributed by atoms with Gasteiger partial charge < -0.3 is 10.2 Å². The van der Waals surface area contributed by atoms with Crippen molar-refractivity contribution in [2.75, 3.05) is 7.05 Å². The van der Waals surface area contributed by atoms with E-state index in [0.29, 0.717) is 0 Å². The Morgan fingerprint density at radius 2 is 1.71 bits per heavy atom. The number of thiazole rings is 1. The molecule has 0 aromatic carbocycles. The van der Waals surface area contributed by atoms with Crippen LogP contribution in [0.4, 0.5) is 0 Å². The Kier molecular flexibility index (Phi) is 10.4. The van der Waals surface area contributed by atoms with Gasteiger partial charge in [-0.1, -0.05) is 83.5 Å². The topological polar surface area (TPSA) is 62.3 Å². The molecule has 0 fully saturated rings. The number of hydrogen-bond donors (Lipinski definition) is 1. The zero-order valence-corrected chi connectivity index (χ0v) is 20.7. The highest BCUT2D eigenvalue weighted by Crippen LogP contribution is 2.39. The van der Waals surface area contributed by atoms with E-state index in [0.717, 1.165) is 5.01 Å². The SMILES string of the molecule is C[C@H](CC(=O)N(C)[C@H](C[C@@H](C)C(Cl)(Cl)Cl)C(=O)NCc1nccs1)C(Cl)(Cl)Cl. The van der Waals surface area contributed by atoms with Crippen molar-refractivity contribution >= 4 is 92.8 Å². The van der Waals surface area contributed by atoms with Crippen molar-refractivity contribution in [3.05, 3.63) is 16.6 Å². The first kappa shape index (κ1) is 26.3. The molecule has 1 heterocycles. The lowest BCUT2D eigenvalue weighted by Crippen LogP contribution is -2.49. The monoisotopic (exact) mass is 529 g/mol. The van der Waals surface area contributed by atoms with E-state index in [1.165, 1.54) is 23.3 Å². The van der Waals surface area contributed by atoms with Crippen LogP contribution in [0.2, 0.25) is 0 Å². The molecular formula is C16H21Cl6N3O2S. The van der Waals surface area contributed by atoms with E-state index in [-0.39, 0.29) is 31.2 Å². The van der Waals surface area contributed by atoms with E-state index >= 15 is 0 Å². The molecule has 0 spiro atoms. The average Bonchev–Trinajstić information content (AvgIpc) is 3.08. The van der Waals surface area contributed by atoms with Gasteiger partial charge in [0.1, 0.15) is 11.0 Å². The maximum Gasteiger partial charge on any atom is 0.243 e. The first-order valence-electron chi connectivity index (χ1n) is 8.28. The molecule has 12 heteroatoms. The maximum absolute atomic E-state index is 12.8. The Labute approximate surface area is 198 Å². The molecule has 2 amide bonds. The second-order valence-corrected chi connectivity index (χ2v) is 12.2. The molecule has 5 nitrogen and oxygen atoms in total. The predicted octanol–water partition coefficient (Wildman–Crippen LogP) is 5.38. The van der Waals surface area contributed by atoms with E-state index in [1.807, 2.05) is 0 Å². The van der Waals surface area contributed by atoms with Gasteiger partial charge in [0, 0.05) is 36.9 Å². The molecule has 0 saturated carbocycles. The van der Waals surface area contributed by atoms with E-state index in [9.17, 15) is 9.59 Å². The number of aromatic nitrogens is 1. The lowest BCUT2D eigenvalue weighted by Gasteiger charge is -2.32. The molecule has 0 aliphatic carbocycles. The minimum absolute atomic E-state index is 0.0502. The highest BCUT2D eigenvalue weighted by atomic mass is 35.6. The summed E-state index contributed by atoms with van der Waals surface area (Å²) in [6.07, 6.45) is 1.73.